The maximum absolute atomic E-state index is 12.2. The number of hydrogen-bond acceptors (Lipinski definition) is 4. The molecule has 0 unspecified atom stereocenters. The highest BCUT2D eigenvalue weighted by Crippen LogP contribution is 2.39. The van der Waals surface area contributed by atoms with Crippen LogP contribution in [0.15, 0.2) is 78.9 Å². The van der Waals surface area contributed by atoms with E-state index in [-0.39, 0.29) is 0 Å². The lowest BCUT2D eigenvalue weighted by atomic mass is 9.78. The lowest BCUT2D eigenvalue weighted by Crippen LogP contribution is -2.34. The van der Waals surface area contributed by atoms with Crippen molar-refractivity contribution in [2.75, 3.05) is 13.7 Å². The number of aliphatic hydroxyl groups is 1. The van der Waals surface area contributed by atoms with E-state index in [0.717, 1.165) is 16.7 Å². The first-order chi connectivity index (χ1) is 15.2. The van der Waals surface area contributed by atoms with Crippen LogP contribution in [0.1, 0.15) is 43.0 Å². The normalized spacial score (nSPS) is 11.7. The topological polar surface area (TPSA) is 67.8 Å². The van der Waals surface area contributed by atoms with Gasteiger partial charge in [0.2, 0.25) is 0 Å². The van der Waals surface area contributed by atoms with Crippen LogP contribution < -0.4 is 10.1 Å². The Balaban J connectivity index is 2.00. The van der Waals surface area contributed by atoms with E-state index in [1.165, 1.54) is 0 Å². The van der Waals surface area contributed by atoms with Gasteiger partial charge in [0, 0.05) is 6.54 Å². The lowest BCUT2D eigenvalue weighted by Gasteiger charge is -2.32. The molecular weight excluding hydrogens is 402 g/mol. The zero-order chi connectivity index (χ0) is 23.2. The second-order valence-electron chi connectivity index (χ2n) is 8.64. The molecule has 1 amide bonds. The molecule has 0 aliphatic carbocycles. The highest BCUT2D eigenvalue weighted by atomic mass is 16.6. The van der Waals surface area contributed by atoms with Crippen molar-refractivity contribution in [3.8, 4) is 5.75 Å². The van der Waals surface area contributed by atoms with Crippen LogP contribution in [0, 0.1) is 0 Å². The molecule has 0 radical (unpaired) electrons. The van der Waals surface area contributed by atoms with E-state index < -0.39 is 17.3 Å². The molecule has 3 rings (SSSR count). The number of carbonyl (C=O) groups excluding carboxylic acids is 1. The quantitative estimate of drug-likeness (QED) is 0.512. The van der Waals surface area contributed by atoms with Crippen molar-refractivity contribution in [2.24, 2.45) is 0 Å². The van der Waals surface area contributed by atoms with Gasteiger partial charge in [0.25, 0.3) is 0 Å². The van der Waals surface area contributed by atoms with Crippen LogP contribution in [0.4, 0.5) is 4.79 Å². The molecule has 0 aliphatic heterocycles. The number of nitrogens with one attached hydrogen (secondary N) is 1. The molecule has 0 spiro atoms. The molecule has 168 valence electrons. The predicted octanol–water partition coefficient (Wildman–Crippen LogP) is 5.05. The van der Waals surface area contributed by atoms with Crippen LogP contribution in [-0.2, 0) is 16.8 Å². The molecule has 3 aromatic carbocycles. The summed E-state index contributed by atoms with van der Waals surface area (Å²) < 4.78 is 10.8. The van der Waals surface area contributed by atoms with E-state index in [2.05, 4.69) is 5.32 Å². The summed E-state index contributed by atoms with van der Waals surface area (Å²) >= 11 is 0. The molecule has 0 atom stereocenters. The lowest BCUT2D eigenvalue weighted by molar-refractivity contribution is 0.0528. The fourth-order valence-corrected chi connectivity index (χ4v) is 3.69. The van der Waals surface area contributed by atoms with E-state index >= 15 is 0 Å². The number of carbonyl (C=O) groups is 1. The summed E-state index contributed by atoms with van der Waals surface area (Å²) in [6.45, 7) is 5.85. The van der Waals surface area contributed by atoms with Gasteiger partial charge in [-0.1, -0.05) is 66.7 Å². The number of methoxy groups -OCH3 is 1. The smallest absolute Gasteiger partial charge is 0.407 e. The van der Waals surface area contributed by atoms with E-state index in [9.17, 15) is 9.90 Å². The van der Waals surface area contributed by atoms with Crippen molar-refractivity contribution in [1.29, 1.82) is 0 Å². The van der Waals surface area contributed by atoms with Crippen molar-refractivity contribution >= 4 is 6.09 Å². The van der Waals surface area contributed by atoms with Crippen molar-refractivity contribution in [3.05, 3.63) is 101 Å². The zero-order valence-corrected chi connectivity index (χ0v) is 19.1. The molecule has 0 heterocycles. The minimum atomic E-state index is -1.39. The van der Waals surface area contributed by atoms with Gasteiger partial charge in [-0.3, -0.25) is 0 Å². The Labute approximate surface area is 190 Å². The Hall–Kier alpha value is -3.31. The van der Waals surface area contributed by atoms with Gasteiger partial charge in [0.05, 0.1) is 7.11 Å². The highest BCUT2D eigenvalue weighted by Gasteiger charge is 2.36. The van der Waals surface area contributed by atoms with Gasteiger partial charge in [-0.05, 0) is 61.6 Å². The van der Waals surface area contributed by atoms with Crippen LogP contribution in [0.3, 0.4) is 0 Å². The minimum Gasteiger partial charge on any atom is -0.497 e. The second-order valence-corrected chi connectivity index (χ2v) is 8.64. The van der Waals surface area contributed by atoms with Crippen molar-refractivity contribution < 1.29 is 19.4 Å². The zero-order valence-electron chi connectivity index (χ0n) is 19.1. The van der Waals surface area contributed by atoms with Gasteiger partial charge < -0.3 is 19.9 Å². The number of benzene rings is 3. The number of amides is 1. The van der Waals surface area contributed by atoms with Gasteiger partial charge in [-0.2, -0.15) is 0 Å². The number of ether oxygens (including phenoxy) is 2. The molecule has 5 nitrogen and oxygen atoms in total. The first-order valence-corrected chi connectivity index (χ1v) is 10.7. The van der Waals surface area contributed by atoms with Gasteiger partial charge in [0.1, 0.15) is 17.0 Å². The Kier molecular flexibility index (Phi) is 7.21. The first-order valence-electron chi connectivity index (χ1n) is 10.7. The van der Waals surface area contributed by atoms with E-state index in [1.807, 2.05) is 99.6 Å². The summed E-state index contributed by atoms with van der Waals surface area (Å²) in [6, 6.07) is 24.8. The van der Waals surface area contributed by atoms with E-state index in [0.29, 0.717) is 24.3 Å². The van der Waals surface area contributed by atoms with Gasteiger partial charge in [0.15, 0.2) is 0 Å². The van der Waals surface area contributed by atoms with Crippen molar-refractivity contribution in [3.63, 3.8) is 0 Å². The largest absolute Gasteiger partial charge is 0.497 e. The molecule has 0 saturated carbocycles. The third-order valence-electron chi connectivity index (χ3n) is 5.15. The number of hydrogen-bond donors (Lipinski definition) is 2. The van der Waals surface area contributed by atoms with Crippen molar-refractivity contribution in [2.45, 2.75) is 38.4 Å². The van der Waals surface area contributed by atoms with Crippen LogP contribution in [0.5, 0.6) is 5.75 Å². The molecule has 0 aliphatic rings. The van der Waals surface area contributed by atoms with Crippen LogP contribution >= 0.6 is 0 Å². The molecule has 2 N–H and O–H groups in total. The highest BCUT2D eigenvalue weighted by molar-refractivity contribution is 5.67. The molecular formula is C27H31NO4. The van der Waals surface area contributed by atoms with Crippen LogP contribution in [-0.4, -0.2) is 30.5 Å². The fraction of sp³-hybridized carbons (Fsp3) is 0.296. The summed E-state index contributed by atoms with van der Waals surface area (Å²) in [5.41, 5.74) is 1.16. The second kappa shape index (κ2) is 9.88. The van der Waals surface area contributed by atoms with E-state index in [4.69, 9.17) is 9.47 Å². The third-order valence-corrected chi connectivity index (χ3v) is 5.15. The van der Waals surface area contributed by atoms with Crippen LogP contribution in [0.2, 0.25) is 0 Å². The molecule has 5 heteroatoms. The molecule has 0 bridgehead atoms. The maximum atomic E-state index is 12.2. The monoisotopic (exact) mass is 433 g/mol. The van der Waals surface area contributed by atoms with Crippen LogP contribution in [0.25, 0.3) is 0 Å². The summed E-state index contributed by atoms with van der Waals surface area (Å²) in [6.07, 6.45) is 0.0505. The Morgan fingerprint density at radius 2 is 1.47 bits per heavy atom. The average Bonchev–Trinajstić information content (AvgIpc) is 2.78. The predicted molar refractivity (Wildman–Crippen MR) is 126 cm³/mol. The summed E-state index contributed by atoms with van der Waals surface area (Å²) in [7, 11) is 1.60. The first kappa shape index (κ1) is 23.4. The molecule has 0 fully saturated rings. The summed E-state index contributed by atoms with van der Waals surface area (Å²) in [5, 5.41) is 15.0. The minimum absolute atomic E-state index is 0.369. The fourth-order valence-electron chi connectivity index (χ4n) is 3.69. The Bertz CT molecular complexity index is 987. The van der Waals surface area contributed by atoms with Gasteiger partial charge >= 0.3 is 6.09 Å². The molecule has 32 heavy (non-hydrogen) atoms. The summed E-state index contributed by atoms with van der Waals surface area (Å²) in [4.78, 5) is 12.1. The maximum Gasteiger partial charge on any atom is 0.407 e. The third kappa shape index (κ3) is 5.48. The van der Waals surface area contributed by atoms with E-state index in [1.54, 1.807) is 7.11 Å². The Morgan fingerprint density at radius 3 is 1.97 bits per heavy atom. The average molecular weight is 434 g/mol. The molecule has 0 saturated heterocycles. The van der Waals surface area contributed by atoms with Gasteiger partial charge in [-0.15, -0.1) is 0 Å². The molecule has 0 aromatic heterocycles. The number of rotatable bonds is 7. The SMILES string of the molecule is COc1ccc(CCNC(=O)OC(C)(C)C)c(C(O)(c2ccccc2)c2ccccc2)c1. The standard InChI is InChI=1S/C27H31NO4/c1-26(2,3)32-25(29)28-18-17-20-15-16-23(31-4)19-24(20)27(30,21-11-7-5-8-12-21)22-13-9-6-10-14-22/h5-16,19,30H,17-18H2,1-4H3,(H,28,29). The van der Waals surface area contributed by atoms with Gasteiger partial charge in [-0.25, -0.2) is 4.79 Å². The number of alkyl carbamates (subject to hydrolysis) is 1. The van der Waals surface area contributed by atoms with Crippen molar-refractivity contribution in [1.82, 2.24) is 5.32 Å². The summed E-state index contributed by atoms with van der Waals surface area (Å²) in [5.74, 6) is 0.647. The Morgan fingerprint density at radius 1 is 0.906 bits per heavy atom. The molecule has 3 aromatic rings.